The Morgan fingerprint density at radius 1 is 1.30 bits per heavy atom. The molecule has 1 atom stereocenters. The van der Waals surface area contributed by atoms with Crippen LogP contribution >= 0.6 is 11.3 Å². The number of nitrogens with zero attached hydrogens (tertiary/aromatic N) is 2. The predicted molar refractivity (Wildman–Crippen MR) is 110 cm³/mol. The van der Waals surface area contributed by atoms with Crippen LogP contribution in [0, 0.1) is 6.92 Å². The lowest BCUT2D eigenvalue weighted by molar-refractivity contribution is 0.0531. The second kappa shape index (κ2) is 10.7. The molecule has 2 rings (SSSR count). The van der Waals surface area contributed by atoms with Gasteiger partial charge < -0.3 is 15.4 Å². The zero-order chi connectivity index (χ0) is 19.6. The molecule has 2 aromatic rings. The average Bonchev–Trinajstić information content (AvgIpc) is 3.05. The number of benzene rings is 1. The van der Waals surface area contributed by atoms with E-state index >= 15 is 0 Å². The van der Waals surface area contributed by atoms with Crippen molar-refractivity contribution in [2.75, 3.05) is 19.7 Å². The van der Waals surface area contributed by atoms with E-state index in [0.717, 1.165) is 23.9 Å². The predicted octanol–water partition coefficient (Wildman–Crippen LogP) is 3.49. The molecule has 1 heterocycles. The summed E-state index contributed by atoms with van der Waals surface area (Å²) in [6.07, 6.45) is 0.884. The molecular formula is C20H28N4O2S. The SMILES string of the molecule is CCNC(=NCCc1ccccc1)NC(C)c1nc(C)c(C(=O)OCC)s1. The van der Waals surface area contributed by atoms with Crippen LogP contribution in [-0.2, 0) is 11.2 Å². The van der Waals surface area contributed by atoms with E-state index in [9.17, 15) is 4.79 Å². The molecular weight excluding hydrogens is 360 g/mol. The van der Waals surface area contributed by atoms with Crippen LogP contribution in [0.4, 0.5) is 0 Å². The quantitative estimate of drug-likeness (QED) is 0.411. The minimum Gasteiger partial charge on any atom is -0.462 e. The Bertz CT molecular complexity index is 759. The summed E-state index contributed by atoms with van der Waals surface area (Å²) < 4.78 is 5.09. The van der Waals surface area contributed by atoms with Crippen molar-refractivity contribution in [3.63, 3.8) is 0 Å². The van der Waals surface area contributed by atoms with Crippen molar-refractivity contribution in [3.8, 4) is 0 Å². The standard InChI is InChI=1S/C20H28N4O2S/c1-5-21-20(22-13-12-16-10-8-7-9-11-16)24-15(4)18-23-14(3)17(27-18)19(25)26-6-2/h7-11,15H,5-6,12-13H2,1-4H3,(H2,21,22,24). The summed E-state index contributed by atoms with van der Waals surface area (Å²) in [6, 6.07) is 10.2. The number of rotatable bonds is 8. The number of hydrogen-bond acceptors (Lipinski definition) is 5. The number of hydrogen-bond donors (Lipinski definition) is 2. The molecule has 0 fully saturated rings. The van der Waals surface area contributed by atoms with Crippen molar-refractivity contribution >= 4 is 23.3 Å². The molecule has 1 aromatic carbocycles. The second-order valence-electron chi connectivity index (χ2n) is 6.05. The van der Waals surface area contributed by atoms with Crippen molar-refractivity contribution in [1.29, 1.82) is 0 Å². The van der Waals surface area contributed by atoms with Crippen LogP contribution in [0.15, 0.2) is 35.3 Å². The fraction of sp³-hybridized carbons (Fsp3) is 0.450. The van der Waals surface area contributed by atoms with Crippen molar-refractivity contribution in [3.05, 3.63) is 51.5 Å². The van der Waals surface area contributed by atoms with Crippen LogP contribution in [0.1, 0.15) is 52.7 Å². The average molecular weight is 389 g/mol. The number of aliphatic imine (C=N–C) groups is 1. The van der Waals surface area contributed by atoms with E-state index in [4.69, 9.17) is 4.74 Å². The molecule has 0 aliphatic heterocycles. The first-order valence-electron chi connectivity index (χ1n) is 9.28. The number of guanidine groups is 1. The molecule has 27 heavy (non-hydrogen) atoms. The van der Waals surface area contributed by atoms with Gasteiger partial charge in [-0.05, 0) is 39.7 Å². The highest BCUT2D eigenvalue weighted by Gasteiger charge is 2.20. The van der Waals surface area contributed by atoms with Gasteiger partial charge in [0.25, 0.3) is 0 Å². The number of carbonyl (C=O) groups is 1. The fourth-order valence-corrected chi connectivity index (χ4v) is 3.48. The van der Waals surface area contributed by atoms with Gasteiger partial charge in [0.15, 0.2) is 5.96 Å². The number of thiazole rings is 1. The van der Waals surface area contributed by atoms with Crippen LogP contribution in [-0.4, -0.2) is 36.6 Å². The Morgan fingerprint density at radius 2 is 2.04 bits per heavy atom. The topological polar surface area (TPSA) is 75.6 Å². The van der Waals surface area contributed by atoms with Crippen LogP contribution in [0.5, 0.6) is 0 Å². The number of ether oxygens (including phenoxy) is 1. The van der Waals surface area contributed by atoms with Crippen molar-refractivity contribution < 1.29 is 9.53 Å². The molecule has 7 heteroatoms. The zero-order valence-corrected chi connectivity index (χ0v) is 17.2. The molecule has 0 aliphatic rings. The van der Waals surface area contributed by atoms with Crippen LogP contribution in [0.3, 0.4) is 0 Å². The second-order valence-corrected chi connectivity index (χ2v) is 7.08. The maximum Gasteiger partial charge on any atom is 0.350 e. The third-order valence-corrected chi connectivity index (χ3v) is 5.18. The first-order chi connectivity index (χ1) is 13.0. The van der Waals surface area contributed by atoms with E-state index in [-0.39, 0.29) is 12.0 Å². The van der Waals surface area contributed by atoms with Crippen LogP contribution in [0.2, 0.25) is 0 Å². The maximum absolute atomic E-state index is 12.0. The highest BCUT2D eigenvalue weighted by Crippen LogP contribution is 2.24. The Labute approximate surface area is 165 Å². The van der Waals surface area contributed by atoms with E-state index in [2.05, 4.69) is 32.7 Å². The summed E-state index contributed by atoms with van der Waals surface area (Å²) in [5.41, 5.74) is 1.97. The normalized spacial score (nSPS) is 12.5. The Morgan fingerprint density at radius 3 is 2.70 bits per heavy atom. The van der Waals surface area contributed by atoms with Crippen LogP contribution in [0.25, 0.3) is 0 Å². The van der Waals surface area contributed by atoms with Crippen LogP contribution < -0.4 is 10.6 Å². The smallest absolute Gasteiger partial charge is 0.350 e. The molecule has 0 aliphatic carbocycles. The molecule has 0 spiro atoms. The van der Waals surface area contributed by atoms with E-state index < -0.39 is 0 Å². The number of esters is 1. The Kier molecular flexibility index (Phi) is 8.26. The molecule has 0 radical (unpaired) electrons. The summed E-state index contributed by atoms with van der Waals surface area (Å²) in [4.78, 5) is 21.7. The van der Waals surface area contributed by atoms with Crippen molar-refractivity contribution in [2.24, 2.45) is 4.99 Å². The van der Waals surface area contributed by atoms with Gasteiger partial charge in [0.05, 0.1) is 18.3 Å². The Balaban J connectivity index is 2.01. The third kappa shape index (κ3) is 6.36. The number of aryl methyl sites for hydroxylation is 1. The zero-order valence-electron chi connectivity index (χ0n) is 16.4. The van der Waals surface area contributed by atoms with E-state index in [1.165, 1.54) is 16.9 Å². The van der Waals surface area contributed by atoms with E-state index in [1.54, 1.807) is 6.92 Å². The molecule has 2 N–H and O–H groups in total. The molecule has 6 nitrogen and oxygen atoms in total. The number of aromatic nitrogens is 1. The Hall–Kier alpha value is -2.41. The van der Waals surface area contributed by atoms with Gasteiger partial charge in [-0.15, -0.1) is 11.3 Å². The van der Waals surface area contributed by atoms with Gasteiger partial charge in [0.1, 0.15) is 9.88 Å². The minimum atomic E-state index is -0.311. The van der Waals surface area contributed by atoms with Gasteiger partial charge >= 0.3 is 5.97 Å². The molecule has 0 bridgehead atoms. The van der Waals surface area contributed by atoms with Gasteiger partial charge in [-0.2, -0.15) is 0 Å². The minimum absolute atomic E-state index is 0.0635. The van der Waals surface area contributed by atoms with E-state index in [1.807, 2.05) is 39.0 Å². The summed E-state index contributed by atoms with van der Waals surface area (Å²) >= 11 is 1.37. The number of nitrogens with one attached hydrogen (secondary N) is 2. The summed E-state index contributed by atoms with van der Waals surface area (Å²) in [5.74, 6) is 0.431. The lowest BCUT2D eigenvalue weighted by atomic mass is 10.2. The molecule has 146 valence electrons. The van der Waals surface area contributed by atoms with Gasteiger partial charge in [0, 0.05) is 13.1 Å². The summed E-state index contributed by atoms with van der Waals surface area (Å²) in [6.45, 7) is 9.50. The summed E-state index contributed by atoms with van der Waals surface area (Å²) in [5, 5.41) is 7.46. The van der Waals surface area contributed by atoms with Crippen molar-refractivity contribution in [1.82, 2.24) is 15.6 Å². The molecule has 0 amide bonds. The molecule has 1 unspecified atom stereocenters. The third-order valence-electron chi connectivity index (χ3n) is 3.86. The lowest BCUT2D eigenvalue weighted by Crippen LogP contribution is -2.38. The lowest BCUT2D eigenvalue weighted by Gasteiger charge is -2.16. The largest absolute Gasteiger partial charge is 0.462 e. The van der Waals surface area contributed by atoms with Crippen molar-refractivity contribution in [2.45, 2.75) is 40.2 Å². The highest BCUT2D eigenvalue weighted by atomic mass is 32.1. The first-order valence-corrected chi connectivity index (χ1v) is 10.1. The van der Waals surface area contributed by atoms with Gasteiger partial charge in [-0.1, -0.05) is 30.3 Å². The van der Waals surface area contributed by atoms with Gasteiger partial charge in [-0.3, -0.25) is 4.99 Å². The summed E-state index contributed by atoms with van der Waals surface area (Å²) in [7, 11) is 0. The molecule has 0 saturated heterocycles. The van der Waals surface area contributed by atoms with Gasteiger partial charge in [0.2, 0.25) is 0 Å². The first kappa shape index (κ1) is 20.9. The van der Waals surface area contributed by atoms with E-state index in [0.29, 0.717) is 23.7 Å². The molecule has 1 aromatic heterocycles. The monoisotopic (exact) mass is 388 g/mol. The van der Waals surface area contributed by atoms with Gasteiger partial charge in [-0.25, -0.2) is 9.78 Å². The maximum atomic E-state index is 12.0. The number of carbonyl (C=O) groups excluding carboxylic acids is 1. The fourth-order valence-electron chi connectivity index (χ4n) is 2.52. The highest BCUT2D eigenvalue weighted by molar-refractivity contribution is 7.13. The molecule has 0 saturated carbocycles.